The number of halogens is 2. The van der Waals surface area contributed by atoms with E-state index < -0.39 is 11.8 Å². The Bertz CT molecular complexity index is 1020. The van der Waals surface area contributed by atoms with Gasteiger partial charge in [-0.25, -0.2) is 0 Å². The van der Waals surface area contributed by atoms with Crippen molar-refractivity contribution >= 4 is 68.4 Å². The SMILES string of the molecule is CCOc1cc(/C=C2/C(=O)NC(=S)N(c3ccccc3Cl)C2=O)c(Br)cc1O. The number of phenolic OH excluding ortho intramolecular Hbond substituents is 1. The highest BCUT2D eigenvalue weighted by molar-refractivity contribution is 9.10. The molecule has 2 N–H and O–H groups in total. The zero-order valence-corrected chi connectivity index (χ0v) is 17.7. The molecule has 3 rings (SSSR count). The molecule has 0 unspecified atom stereocenters. The minimum absolute atomic E-state index is 0.0555. The number of rotatable bonds is 4. The zero-order chi connectivity index (χ0) is 20.4. The third kappa shape index (κ3) is 3.89. The van der Waals surface area contributed by atoms with Gasteiger partial charge in [-0.1, -0.05) is 39.7 Å². The van der Waals surface area contributed by atoms with Crippen molar-refractivity contribution in [2.45, 2.75) is 6.92 Å². The number of thiocarbonyl (C=S) groups is 1. The maximum atomic E-state index is 13.0. The molecule has 0 saturated carbocycles. The minimum atomic E-state index is -0.628. The molecular formula is C19H14BrClN2O4S. The lowest BCUT2D eigenvalue weighted by Crippen LogP contribution is -2.54. The van der Waals surface area contributed by atoms with Gasteiger partial charge in [0.1, 0.15) is 5.57 Å². The van der Waals surface area contributed by atoms with Crippen molar-refractivity contribution in [1.82, 2.24) is 5.32 Å². The van der Waals surface area contributed by atoms with Crippen molar-refractivity contribution in [1.29, 1.82) is 0 Å². The Hall–Kier alpha value is -2.42. The minimum Gasteiger partial charge on any atom is -0.504 e. The number of hydrogen-bond acceptors (Lipinski definition) is 5. The standard InChI is InChI=1S/C19H14BrClN2O4S/c1-2-27-16-8-10(12(20)9-15(16)24)7-11-17(25)22-19(28)23(18(11)26)14-6-4-3-5-13(14)21/h3-9,24H,2H2,1H3,(H,22,25,28)/b11-7-. The smallest absolute Gasteiger partial charge is 0.270 e. The molecule has 0 aromatic heterocycles. The summed E-state index contributed by atoms with van der Waals surface area (Å²) in [7, 11) is 0. The average Bonchev–Trinajstić information content (AvgIpc) is 2.63. The summed E-state index contributed by atoms with van der Waals surface area (Å²) in [6, 6.07) is 9.65. The number of aromatic hydroxyl groups is 1. The Morgan fingerprint density at radius 1 is 1.32 bits per heavy atom. The summed E-state index contributed by atoms with van der Waals surface area (Å²) in [5.41, 5.74) is 0.707. The second kappa shape index (κ2) is 8.30. The number of nitrogens with one attached hydrogen (secondary N) is 1. The van der Waals surface area contributed by atoms with Gasteiger partial charge < -0.3 is 9.84 Å². The summed E-state index contributed by atoms with van der Waals surface area (Å²) < 4.78 is 5.85. The first kappa shape index (κ1) is 20.3. The summed E-state index contributed by atoms with van der Waals surface area (Å²) >= 11 is 14.7. The van der Waals surface area contributed by atoms with Crippen LogP contribution in [-0.4, -0.2) is 28.6 Å². The molecule has 1 saturated heterocycles. The highest BCUT2D eigenvalue weighted by Gasteiger charge is 2.35. The molecule has 2 aromatic carbocycles. The van der Waals surface area contributed by atoms with Crippen molar-refractivity contribution in [2.75, 3.05) is 11.5 Å². The van der Waals surface area contributed by atoms with E-state index in [1.165, 1.54) is 23.1 Å². The molecule has 28 heavy (non-hydrogen) atoms. The molecule has 0 radical (unpaired) electrons. The molecular weight excluding hydrogens is 468 g/mol. The topological polar surface area (TPSA) is 78.9 Å². The van der Waals surface area contributed by atoms with Crippen LogP contribution >= 0.6 is 39.7 Å². The lowest BCUT2D eigenvalue weighted by Gasteiger charge is -2.29. The highest BCUT2D eigenvalue weighted by Crippen LogP contribution is 2.35. The third-order valence-corrected chi connectivity index (χ3v) is 5.16. The van der Waals surface area contributed by atoms with E-state index >= 15 is 0 Å². The fourth-order valence-corrected chi connectivity index (χ4v) is 3.55. The van der Waals surface area contributed by atoms with E-state index in [2.05, 4.69) is 21.2 Å². The lowest BCUT2D eigenvalue weighted by atomic mass is 10.1. The number of carbonyl (C=O) groups excluding carboxylic acids is 2. The van der Waals surface area contributed by atoms with Gasteiger partial charge in [0, 0.05) is 4.47 Å². The molecule has 1 aliphatic rings. The predicted molar refractivity (Wildman–Crippen MR) is 115 cm³/mol. The van der Waals surface area contributed by atoms with Gasteiger partial charge in [0.15, 0.2) is 16.6 Å². The molecule has 0 bridgehead atoms. The summed E-state index contributed by atoms with van der Waals surface area (Å²) in [6.45, 7) is 2.12. The van der Waals surface area contributed by atoms with Crippen LogP contribution in [0.4, 0.5) is 5.69 Å². The monoisotopic (exact) mass is 480 g/mol. The van der Waals surface area contributed by atoms with Crippen LogP contribution in [0.3, 0.4) is 0 Å². The molecule has 0 spiro atoms. The van der Waals surface area contributed by atoms with Gasteiger partial charge in [-0.2, -0.15) is 0 Å². The molecule has 0 atom stereocenters. The van der Waals surface area contributed by atoms with Crippen molar-refractivity contribution in [3.63, 3.8) is 0 Å². The van der Waals surface area contributed by atoms with Crippen LogP contribution in [0.1, 0.15) is 12.5 Å². The number of benzene rings is 2. The number of para-hydroxylation sites is 1. The maximum Gasteiger partial charge on any atom is 0.270 e. The van der Waals surface area contributed by atoms with Crippen LogP contribution in [-0.2, 0) is 9.59 Å². The van der Waals surface area contributed by atoms with E-state index in [-0.39, 0.29) is 22.2 Å². The predicted octanol–water partition coefficient (Wildman–Crippen LogP) is 4.04. The largest absolute Gasteiger partial charge is 0.504 e. The molecule has 0 aliphatic carbocycles. The summed E-state index contributed by atoms with van der Waals surface area (Å²) in [6.07, 6.45) is 1.40. The van der Waals surface area contributed by atoms with Gasteiger partial charge in [0.25, 0.3) is 11.8 Å². The second-order valence-electron chi connectivity index (χ2n) is 5.68. The van der Waals surface area contributed by atoms with Crippen molar-refractivity contribution in [3.8, 4) is 11.5 Å². The Labute approximate surface area is 179 Å². The van der Waals surface area contributed by atoms with Gasteiger partial charge in [0.2, 0.25) is 0 Å². The Kier molecular flexibility index (Phi) is 6.02. The van der Waals surface area contributed by atoms with Gasteiger partial charge in [-0.05, 0) is 55.0 Å². The lowest BCUT2D eigenvalue weighted by molar-refractivity contribution is -0.122. The van der Waals surface area contributed by atoms with Crippen LogP contribution < -0.4 is 15.0 Å². The first-order chi connectivity index (χ1) is 13.3. The Balaban J connectivity index is 2.07. The third-order valence-electron chi connectivity index (χ3n) is 3.87. The number of hydrogen-bond donors (Lipinski definition) is 2. The van der Waals surface area contributed by atoms with Crippen molar-refractivity contribution in [3.05, 3.63) is 57.0 Å². The Morgan fingerprint density at radius 2 is 2.04 bits per heavy atom. The molecule has 1 fully saturated rings. The molecule has 2 amide bonds. The molecule has 9 heteroatoms. The molecule has 2 aromatic rings. The van der Waals surface area contributed by atoms with E-state index in [0.717, 1.165) is 0 Å². The summed E-state index contributed by atoms with van der Waals surface area (Å²) in [5.74, 6) is -1.06. The number of nitrogens with zero attached hydrogens (tertiary/aromatic N) is 1. The number of amides is 2. The first-order valence-corrected chi connectivity index (χ1v) is 9.72. The number of ether oxygens (including phenoxy) is 1. The number of phenols is 1. The van der Waals surface area contributed by atoms with Gasteiger partial charge in [-0.15, -0.1) is 0 Å². The van der Waals surface area contributed by atoms with Gasteiger partial charge in [-0.3, -0.25) is 19.8 Å². The number of anilines is 1. The van der Waals surface area contributed by atoms with Crippen LogP contribution in [0.25, 0.3) is 6.08 Å². The first-order valence-electron chi connectivity index (χ1n) is 8.14. The van der Waals surface area contributed by atoms with E-state index in [0.29, 0.717) is 27.4 Å². The van der Waals surface area contributed by atoms with Crippen molar-refractivity contribution < 1.29 is 19.4 Å². The van der Waals surface area contributed by atoms with E-state index in [1.54, 1.807) is 31.2 Å². The van der Waals surface area contributed by atoms with Crippen molar-refractivity contribution in [2.24, 2.45) is 0 Å². The maximum absolute atomic E-state index is 13.0. The molecule has 1 aliphatic heterocycles. The van der Waals surface area contributed by atoms with E-state index in [4.69, 9.17) is 28.6 Å². The molecule has 1 heterocycles. The zero-order valence-electron chi connectivity index (χ0n) is 14.5. The van der Waals surface area contributed by atoms with Crippen LogP contribution in [0.15, 0.2) is 46.4 Å². The normalized spacial score (nSPS) is 15.8. The van der Waals surface area contributed by atoms with Crippen LogP contribution in [0.5, 0.6) is 11.5 Å². The van der Waals surface area contributed by atoms with Crippen LogP contribution in [0, 0.1) is 0 Å². The summed E-state index contributed by atoms with van der Waals surface area (Å²) in [5, 5.41) is 12.7. The van der Waals surface area contributed by atoms with Gasteiger partial charge in [0.05, 0.1) is 17.3 Å². The fraction of sp³-hybridized carbons (Fsp3) is 0.105. The fourth-order valence-electron chi connectivity index (χ4n) is 2.61. The second-order valence-corrected chi connectivity index (χ2v) is 7.33. The van der Waals surface area contributed by atoms with E-state index in [9.17, 15) is 14.7 Å². The number of carbonyl (C=O) groups is 2. The molecule has 6 nitrogen and oxygen atoms in total. The summed E-state index contributed by atoms with van der Waals surface area (Å²) in [4.78, 5) is 26.6. The Morgan fingerprint density at radius 3 is 2.71 bits per heavy atom. The highest BCUT2D eigenvalue weighted by atomic mass is 79.9. The average molecular weight is 482 g/mol. The molecule has 144 valence electrons. The van der Waals surface area contributed by atoms with E-state index in [1.807, 2.05) is 0 Å². The van der Waals surface area contributed by atoms with Crippen LogP contribution in [0.2, 0.25) is 5.02 Å². The van der Waals surface area contributed by atoms with Gasteiger partial charge >= 0.3 is 0 Å². The quantitative estimate of drug-likeness (QED) is 0.391.